The van der Waals surface area contributed by atoms with Crippen molar-refractivity contribution in [2.45, 2.75) is 76.6 Å². The maximum absolute atomic E-state index is 13.9. The van der Waals surface area contributed by atoms with Gasteiger partial charge >= 0.3 is 6.03 Å². The Morgan fingerprint density at radius 3 is 2.34 bits per heavy atom. The number of rotatable bonds is 10. The Labute approximate surface area is 259 Å². The number of urea groups is 1. The number of amides is 3. The van der Waals surface area contributed by atoms with Crippen LogP contribution in [0.2, 0.25) is 0 Å². The normalized spacial score (nSPS) is 18.4. The van der Waals surface area contributed by atoms with Gasteiger partial charge < -0.3 is 26.0 Å². The fourth-order valence-electron chi connectivity index (χ4n) is 5.85. The number of benzene rings is 3. The Morgan fingerprint density at radius 1 is 0.977 bits per heavy atom. The SMILES string of the molecule is CC(=O)NC(Cc1cc(F)cc(F)c1)C(O)CNC1(c2cccc(C(C)(C)C)c2)CCCN(C(=O)NCc2ccccc2)C1. The second-order valence-electron chi connectivity index (χ2n) is 12.8. The summed E-state index contributed by atoms with van der Waals surface area (Å²) in [6.07, 6.45) is 0.405. The summed E-state index contributed by atoms with van der Waals surface area (Å²) in [5.74, 6) is -1.81. The lowest BCUT2D eigenvalue weighted by Crippen LogP contribution is -2.60. The number of likely N-dealkylation sites (tertiary alicyclic amines) is 1. The van der Waals surface area contributed by atoms with E-state index in [9.17, 15) is 23.5 Å². The van der Waals surface area contributed by atoms with Gasteiger partial charge in [0.2, 0.25) is 5.91 Å². The molecule has 0 radical (unpaired) electrons. The van der Waals surface area contributed by atoms with Gasteiger partial charge in [0.1, 0.15) is 11.6 Å². The highest BCUT2D eigenvalue weighted by Crippen LogP contribution is 2.34. The number of carbonyl (C=O) groups excluding carboxylic acids is 2. The lowest BCUT2D eigenvalue weighted by atomic mass is 9.78. The first-order valence-corrected chi connectivity index (χ1v) is 15.2. The molecule has 1 aliphatic heterocycles. The van der Waals surface area contributed by atoms with Crippen molar-refractivity contribution in [1.82, 2.24) is 20.9 Å². The van der Waals surface area contributed by atoms with Crippen molar-refractivity contribution in [3.63, 3.8) is 0 Å². The van der Waals surface area contributed by atoms with Crippen molar-refractivity contribution in [3.8, 4) is 0 Å². The molecule has 4 N–H and O–H groups in total. The molecule has 1 fully saturated rings. The van der Waals surface area contributed by atoms with Crippen LogP contribution in [0.15, 0.2) is 72.8 Å². The molecular weight excluding hydrogens is 562 g/mol. The van der Waals surface area contributed by atoms with Crippen molar-refractivity contribution in [3.05, 3.63) is 107 Å². The number of nitrogens with one attached hydrogen (secondary N) is 3. The second-order valence-corrected chi connectivity index (χ2v) is 12.8. The molecule has 44 heavy (non-hydrogen) atoms. The maximum atomic E-state index is 13.9. The summed E-state index contributed by atoms with van der Waals surface area (Å²) < 4.78 is 27.8. The first-order chi connectivity index (χ1) is 20.8. The average molecular weight is 607 g/mol. The summed E-state index contributed by atoms with van der Waals surface area (Å²) in [7, 11) is 0. The van der Waals surface area contributed by atoms with Gasteiger partial charge in [-0.3, -0.25) is 4.79 Å². The van der Waals surface area contributed by atoms with Crippen LogP contribution in [0.3, 0.4) is 0 Å². The molecule has 1 aliphatic rings. The summed E-state index contributed by atoms with van der Waals surface area (Å²) in [6, 6.07) is 20.3. The summed E-state index contributed by atoms with van der Waals surface area (Å²) in [4.78, 5) is 27.2. The minimum Gasteiger partial charge on any atom is -0.390 e. The summed E-state index contributed by atoms with van der Waals surface area (Å²) in [6.45, 7) is 9.22. The maximum Gasteiger partial charge on any atom is 0.317 e. The van der Waals surface area contributed by atoms with Crippen molar-refractivity contribution in [2.75, 3.05) is 19.6 Å². The number of halogens is 2. The Balaban J connectivity index is 1.58. The number of nitrogens with zero attached hydrogens (tertiary/aromatic N) is 1. The van der Waals surface area contributed by atoms with Gasteiger partial charge in [-0.2, -0.15) is 0 Å². The van der Waals surface area contributed by atoms with Gasteiger partial charge in [0.05, 0.1) is 17.7 Å². The van der Waals surface area contributed by atoms with Crippen LogP contribution in [0.4, 0.5) is 13.6 Å². The predicted molar refractivity (Wildman–Crippen MR) is 168 cm³/mol. The molecule has 0 aromatic heterocycles. The molecule has 3 atom stereocenters. The highest BCUT2D eigenvalue weighted by molar-refractivity contribution is 5.74. The molecule has 3 aromatic rings. The van der Waals surface area contributed by atoms with E-state index in [0.717, 1.165) is 35.6 Å². The number of aliphatic hydroxyl groups is 1. The lowest BCUT2D eigenvalue weighted by molar-refractivity contribution is -0.120. The van der Waals surface area contributed by atoms with E-state index in [4.69, 9.17) is 0 Å². The zero-order valence-corrected chi connectivity index (χ0v) is 26.0. The highest BCUT2D eigenvalue weighted by Gasteiger charge is 2.40. The van der Waals surface area contributed by atoms with Crippen LogP contribution < -0.4 is 16.0 Å². The minimum atomic E-state index is -1.09. The largest absolute Gasteiger partial charge is 0.390 e. The molecular formula is C35H44F2N4O3. The number of piperidine rings is 1. The highest BCUT2D eigenvalue weighted by atomic mass is 19.1. The van der Waals surface area contributed by atoms with Gasteiger partial charge in [-0.05, 0) is 59.1 Å². The molecule has 0 bridgehead atoms. The van der Waals surface area contributed by atoms with E-state index in [1.807, 2.05) is 42.5 Å². The smallest absolute Gasteiger partial charge is 0.317 e. The van der Waals surface area contributed by atoms with E-state index in [1.165, 1.54) is 19.1 Å². The van der Waals surface area contributed by atoms with E-state index in [0.29, 0.717) is 25.2 Å². The number of hydrogen-bond donors (Lipinski definition) is 4. The van der Waals surface area contributed by atoms with Crippen LogP contribution in [-0.2, 0) is 28.7 Å². The molecule has 3 amide bonds. The van der Waals surface area contributed by atoms with Gasteiger partial charge in [0.15, 0.2) is 0 Å². The molecule has 3 unspecified atom stereocenters. The molecule has 0 aliphatic carbocycles. The molecule has 7 nitrogen and oxygen atoms in total. The lowest BCUT2D eigenvalue weighted by Gasteiger charge is -2.45. The topological polar surface area (TPSA) is 93.7 Å². The van der Waals surface area contributed by atoms with Crippen LogP contribution in [-0.4, -0.2) is 53.7 Å². The van der Waals surface area contributed by atoms with Crippen molar-refractivity contribution in [1.29, 1.82) is 0 Å². The van der Waals surface area contributed by atoms with E-state index in [-0.39, 0.29) is 30.3 Å². The molecule has 0 saturated carbocycles. The summed E-state index contributed by atoms with van der Waals surface area (Å²) in [5, 5.41) is 20.7. The third-order valence-electron chi connectivity index (χ3n) is 8.23. The molecule has 3 aromatic carbocycles. The Hall–Kier alpha value is -3.82. The third-order valence-corrected chi connectivity index (χ3v) is 8.23. The van der Waals surface area contributed by atoms with Crippen LogP contribution in [0.1, 0.15) is 62.8 Å². The predicted octanol–water partition coefficient (Wildman–Crippen LogP) is 5.16. The van der Waals surface area contributed by atoms with Gasteiger partial charge in [-0.15, -0.1) is 0 Å². The standard InChI is InChI=1S/C35H44F2N4O3/c1-24(42)40-31(18-26-16-29(36)20-30(37)17-26)32(43)22-39-35(28-13-8-12-27(19-28)34(2,3)4)14-9-15-41(23-35)33(44)38-21-25-10-6-5-7-11-25/h5-8,10-13,16-17,19-20,31-32,39,43H,9,14-15,18,21-23H2,1-4H3,(H,38,44)(H,40,42). The molecule has 9 heteroatoms. The van der Waals surface area contributed by atoms with Crippen LogP contribution in [0.5, 0.6) is 0 Å². The minimum absolute atomic E-state index is 0.0393. The first-order valence-electron chi connectivity index (χ1n) is 15.2. The number of hydrogen-bond acceptors (Lipinski definition) is 4. The zero-order valence-electron chi connectivity index (χ0n) is 26.0. The van der Waals surface area contributed by atoms with Crippen molar-refractivity contribution < 1.29 is 23.5 Å². The van der Waals surface area contributed by atoms with Crippen LogP contribution in [0.25, 0.3) is 0 Å². The van der Waals surface area contributed by atoms with E-state index >= 15 is 0 Å². The fraction of sp³-hybridized carbons (Fsp3) is 0.429. The fourth-order valence-corrected chi connectivity index (χ4v) is 5.85. The molecule has 1 saturated heterocycles. The van der Waals surface area contributed by atoms with E-state index < -0.39 is 29.3 Å². The molecule has 236 valence electrons. The van der Waals surface area contributed by atoms with Gasteiger partial charge in [0.25, 0.3) is 0 Å². The van der Waals surface area contributed by atoms with E-state index in [2.05, 4.69) is 48.9 Å². The summed E-state index contributed by atoms with van der Waals surface area (Å²) >= 11 is 0. The van der Waals surface area contributed by atoms with Crippen molar-refractivity contribution >= 4 is 11.9 Å². The van der Waals surface area contributed by atoms with Crippen LogP contribution in [0, 0.1) is 11.6 Å². The number of aliphatic hydroxyl groups excluding tert-OH is 1. The second kappa shape index (κ2) is 14.3. The average Bonchev–Trinajstić information content (AvgIpc) is 2.98. The molecule has 1 heterocycles. The monoisotopic (exact) mass is 606 g/mol. The molecule has 0 spiro atoms. The quantitative estimate of drug-likeness (QED) is 0.257. The Bertz CT molecular complexity index is 1410. The number of carbonyl (C=O) groups is 2. The van der Waals surface area contributed by atoms with Gasteiger partial charge in [-0.1, -0.05) is 75.4 Å². The Morgan fingerprint density at radius 2 is 1.68 bits per heavy atom. The first kappa shape index (κ1) is 33.1. The third kappa shape index (κ3) is 8.86. The summed E-state index contributed by atoms with van der Waals surface area (Å²) in [5.41, 5.74) is 2.69. The Kier molecular flexibility index (Phi) is 10.8. The van der Waals surface area contributed by atoms with Gasteiger partial charge in [-0.25, -0.2) is 13.6 Å². The molecule has 4 rings (SSSR count). The van der Waals surface area contributed by atoms with Crippen molar-refractivity contribution in [2.24, 2.45) is 0 Å². The van der Waals surface area contributed by atoms with Crippen LogP contribution >= 0.6 is 0 Å². The van der Waals surface area contributed by atoms with Gasteiger partial charge in [0, 0.05) is 39.2 Å². The van der Waals surface area contributed by atoms with E-state index in [1.54, 1.807) is 4.90 Å². The zero-order chi connectivity index (χ0) is 31.9.